The van der Waals surface area contributed by atoms with Crippen molar-refractivity contribution in [3.63, 3.8) is 0 Å². The van der Waals surface area contributed by atoms with E-state index >= 15 is 0 Å². The van der Waals surface area contributed by atoms with E-state index in [9.17, 15) is 13.2 Å². The van der Waals surface area contributed by atoms with Crippen LogP contribution in [-0.4, -0.2) is 7.05 Å². The molecule has 20 heavy (non-hydrogen) atoms. The number of hydrogen-bond donors (Lipinski definition) is 1. The van der Waals surface area contributed by atoms with Gasteiger partial charge in [0.1, 0.15) is 0 Å². The predicted molar refractivity (Wildman–Crippen MR) is 73.5 cm³/mol. The Labute approximate surface area is 116 Å². The molecule has 0 saturated carbocycles. The predicted octanol–water partition coefficient (Wildman–Crippen LogP) is 4.32. The van der Waals surface area contributed by atoms with Gasteiger partial charge in [0.15, 0.2) is 0 Å². The highest BCUT2D eigenvalue weighted by Crippen LogP contribution is 2.32. The summed E-state index contributed by atoms with van der Waals surface area (Å²) in [7, 11) is 1.80. The molecule has 1 unspecified atom stereocenters. The van der Waals surface area contributed by atoms with Crippen LogP contribution in [0.2, 0.25) is 0 Å². The van der Waals surface area contributed by atoms with Crippen molar-refractivity contribution >= 4 is 0 Å². The fraction of sp³-hybridized carbons (Fsp3) is 0.250. The van der Waals surface area contributed by atoms with E-state index < -0.39 is 11.7 Å². The van der Waals surface area contributed by atoms with E-state index in [2.05, 4.69) is 5.32 Å². The zero-order chi connectivity index (χ0) is 14.8. The summed E-state index contributed by atoms with van der Waals surface area (Å²) >= 11 is 0. The Morgan fingerprint density at radius 2 is 1.65 bits per heavy atom. The molecule has 2 rings (SSSR count). The second-order valence-electron chi connectivity index (χ2n) is 4.70. The van der Waals surface area contributed by atoms with Gasteiger partial charge in [0, 0.05) is 0 Å². The summed E-state index contributed by atoms with van der Waals surface area (Å²) < 4.78 is 38.1. The lowest BCUT2D eigenvalue weighted by molar-refractivity contribution is -0.137. The normalized spacial score (nSPS) is 13.2. The van der Waals surface area contributed by atoms with Crippen LogP contribution in [0.1, 0.15) is 28.3 Å². The first kappa shape index (κ1) is 14.6. The van der Waals surface area contributed by atoms with Crippen molar-refractivity contribution in [2.75, 3.05) is 7.05 Å². The van der Waals surface area contributed by atoms with Crippen LogP contribution >= 0.6 is 0 Å². The van der Waals surface area contributed by atoms with Gasteiger partial charge >= 0.3 is 6.18 Å². The number of alkyl halides is 3. The third-order valence-corrected chi connectivity index (χ3v) is 3.33. The van der Waals surface area contributed by atoms with Crippen molar-refractivity contribution in [2.45, 2.75) is 19.1 Å². The number of hydrogen-bond acceptors (Lipinski definition) is 1. The zero-order valence-corrected chi connectivity index (χ0v) is 11.3. The van der Waals surface area contributed by atoms with Gasteiger partial charge in [-0.2, -0.15) is 13.2 Å². The summed E-state index contributed by atoms with van der Waals surface area (Å²) in [6.45, 7) is 1.71. The highest BCUT2D eigenvalue weighted by Gasteiger charge is 2.31. The summed E-state index contributed by atoms with van der Waals surface area (Å²) in [5, 5.41) is 3.15. The van der Waals surface area contributed by atoms with Crippen molar-refractivity contribution < 1.29 is 13.2 Å². The molecule has 4 heteroatoms. The molecule has 106 valence electrons. The molecule has 0 aliphatic rings. The lowest BCUT2D eigenvalue weighted by Crippen LogP contribution is -2.19. The van der Waals surface area contributed by atoms with Crippen molar-refractivity contribution in [1.82, 2.24) is 5.32 Å². The van der Waals surface area contributed by atoms with E-state index in [1.165, 1.54) is 6.07 Å². The first-order valence-electron chi connectivity index (χ1n) is 6.33. The minimum absolute atomic E-state index is 0.113. The van der Waals surface area contributed by atoms with Gasteiger partial charge in [-0.25, -0.2) is 0 Å². The van der Waals surface area contributed by atoms with Crippen LogP contribution in [0.3, 0.4) is 0 Å². The Bertz CT molecular complexity index is 576. The summed E-state index contributed by atoms with van der Waals surface area (Å²) in [6.07, 6.45) is -4.30. The van der Waals surface area contributed by atoms with Crippen LogP contribution in [-0.2, 0) is 6.18 Å². The van der Waals surface area contributed by atoms with E-state index in [-0.39, 0.29) is 6.04 Å². The monoisotopic (exact) mass is 279 g/mol. The molecule has 2 aromatic rings. The minimum Gasteiger partial charge on any atom is -0.309 e. The number of rotatable bonds is 3. The molecule has 2 aromatic carbocycles. The number of aryl methyl sites for hydroxylation is 1. The van der Waals surface area contributed by atoms with Crippen molar-refractivity contribution in [2.24, 2.45) is 0 Å². The molecule has 0 fully saturated rings. The third-order valence-electron chi connectivity index (χ3n) is 3.33. The average molecular weight is 279 g/mol. The third kappa shape index (κ3) is 3.02. The maximum Gasteiger partial charge on any atom is 0.416 e. The van der Waals surface area contributed by atoms with Crippen molar-refractivity contribution in [3.05, 3.63) is 70.8 Å². The molecule has 1 nitrogen and oxygen atoms in total. The Kier molecular flexibility index (Phi) is 4.14. The topological polar surface area (TPSA) is 12.0 Å². The molecular weight excluding hydrogens is 263 g/mol. The molecule has 0 bridgehead atoms. The molecule has 1 N–H and O–H groups in total. The maximum absolute atomic E-state index is 12.7. The Morgan fingerprint density at radius 3 is 2.15 bits per heavy atom. The van der Waals surface area contributed by atoms with E-state index in [0.717, 1.165) is 17.2 Å². The highest BCUT2D eigenvalue weighted by atomic mass is 19.4. The number of nitrogens with one attached hydrogen (secondary N) is 1. The summed E-state index contributed by atoms with van der Waals surface area (Å²) in [5.74, 6) is 0. The lowest BCUT2D eigenvalue weighted by Gasteiger charge is -2.20. The van der Waals surface area contributed by atoms with E-state index in [1.54, 1.807) is 20.0 Å². The molecule has 0 amide bonds. The van der Waals surface area contributed by atoms with E-state index in [0.29, 0.717) is 5.56 Å². The van der Waals surface area contributed by atoms with E-state index in [1.807, 2.05) is 30.3 Å². The van der Waals surface area contributed by atoms with Gasteiger partial charge in [-0.15, -0.1) is 0 Å². The minimum atomic E-state index is -4.30. The molecule has 1 atom stereocenters. The Balaban J connectivity index is 2.42. The molecule has 0 radical (unpaired) electrons. The van der Waals surface area contributed by atoms with Gasteiger partial charge in [-0.1, -0.05) is 36.4 Å². The molecule has 0 saturated heterocycles. The summed E-state index contributed by atoms with van der Waals surface area (Å²) in [5.41, 5.74) is 1.90. The Morgan fingerprint density at radius 1 is 1.00 bits per heavy atom. The van der Waals surface area contributed by atoms with Gasteiger partial charge in [0.25, 0.3) is 0 Å². The molecule has 0 aliphatic carbocycles. The smallest absolute Gasteiger partial charge is 0.309 e. The quantitative estimate of drug-likeness (QED) is 0.882. The molecule has 0 aliphatic heterocycles. The maximum atomic E-state index is 12.7. The van der Waals surface area contributed by atoms with Crippen LogP contribution in [0.5, 0.6) is 0 Å². The zero-order valence-electron chi connectivity index (χ0n) is 11.3. The van der Waals surface area contributed by atoms with Crippen LogP contribution in [0.15, 0.2) is 48.5 Å². The van der Waals surface area contributed by atoms with Crippen molar-refractivity contribution in [1.29, 1.82) is 0 Å². The van der Waals surface area contributed by atoms with Gasteiger partial charge in [-0.05, 0) is 42.8 Å². The van der Waals surface area contributed by atoms with Crippen LogP contribution in [0, 0.1) is 6.92 Å². The van der Waals surface area contributed by atoms with Gasteiger partial charge in [0.05, 0.1) is 11.6 Å². The lowest BCUT2D eigenvalue weighted by atomic mass is 9.94. The average Bonchev–Trinajstić information content (AvgIpc) is 2.41. The van der Waals surface area contributed by atoms with Gasteiger partial charge < -0.3 is 5.32 Å². The van der Waals surface area contributed by atoms with Crippen LogP contribution < -0.4 is 5.32 Å². The largest absolute Gasteiger partial charge is 0.416 e. The fourth-order valence-electron chi connectivity index (χ4n) is 2.32. The highest BCUT2D eigenvalue weighted by molar-refractivity contribution is 5.39. The molecule has 0 heterocycles. The molecule has 0 aromatic heterocycles. The van der Waals surface area contributed by atoms with Gasteiger partial charge in [-0.3, -0.25) is 0 Å². The second-order valence-corrected chi connectivity index (χ2v) is 4.70. The van der Waals surface area contributed by atoms with E-state index in [4.69, 9.17) is 0 Å². The van der Waals surface area contributed by atoms with Crippen LogP contribution in [0.25, 0.3) is 0 Å². The molecule has 0 spiro atoms. The fourth-order valence-corrected chi connectivity index (χ4v) is 2.32. The van der Waals surface area contributed by atoms with Crippen LogP contribution in [0.4, 0.5) is 13.2 Å². The first-order chi connectivity index (χ1) is 9.43. The first-order valence-corrected chi connectivity index (χ1v) is 6.33. The second kappa shape index (κ2) is 5.67. The number of halogens is 3. The summed E-state index contributed by atoms with van der Waals surface area (Å²) in [4.78, 5) is 0. The SMILES string of the molecule is CNC(c1ccccc1)c1ccc(C(F)(F)F)cc1C. The van der Waals surface area contributed by atoms with Gasteiger partial charge in [0.2, 0.25) is 0 Å². The molecular formula is C16H16F3N. The standard InChI is InChI=1S/C16H16F3N/c1-11-10-13(16(17,18)19)8-9-14(11)15(20-2)12-6-4-3-5-7-12/h3-10,15,20H,1-2H3. The Hall–Kier alpha value is -1.81. The van der Waals surface area contributed by atoms with Crippen molar-refractivity contribution in [3.8, 4) is 0 Å². The number of benzene rings is 2. The summed E-state index contributed by atoms with van der Waals surface area (Å²) in [6, 6.07) is 13.4.